The Labute approximate surface area is 101 Å². The minimum Gasteiger partial charge on any atom is -0.0890 e. The van der Waals surface area contributed by atoms with E-state index in [1.807, 2.05) is 0 Å². The number of hydrogen-bond acceptors (Lipinski definition) is 0. The lowest BCUT2D eigenvalue weighted by Gasteiger charge is -2.26. The third-order valence-corrected chi connectivity index (χ3v) is 4.50. The second-order valence-electron chi connectivity index (χ2n) is 5.22. The molecule has 0 radical (unpaired) electrons. The van der Waals surface area contributed by atoms with Crippen LogP contribution in [-0.2, 0) is 5.41 Å². The van der Waals surface area contributed by atoms with Gasteiger partial charge in [-0.2, -0.15) is 0 Å². The summed E-state index contributed by atoms with van der Waals surface area (Å²) in [7, 11) is 0. The molecule has 1 aliphatic rings. The molecule has 0 nitrogen and oxygen atoms in total. The van der Waals surface area contributed by atoms with E-state index in [0.29, 0.717) is 10.2 Å². The Morgan fingerprint density at radius 1 is 1.33 bits per heavy atom. The van der Waals surface area contributed by atoms with Crippen molar-refractivity contribution in [3.05, 3.63) is 34.9 Å². The van der Waals surface area contributed by atoms with Gasteiger partial charge in [0, 0.05) is 4.83 Å². The van der Waals surface area contributed by atoms with Gasteiger partial charge in [0.25, 0.3) is 0 Å². The lowest BCUT2D eigenvalue weighted by molar-refractivity contribution is 0.490. The average Bonchev–Trinajstić information content (AvgIpc) is 2.46. The highest BCUT2D eigenvalue weighted by atomic mass is 79.9. The highest BCUT2D eigenvalue weighted by molar-refractivity contribution is 9.09. The smallest absolute Gasteiger partial charge is 0.0154 e. The van der Waals surface area contributed by atoms with Crippen LogP contribution in [0.5, 0.6) is 0 Å². The zero-order chi connectivity index (χ0) is 11.1. The highest BCUT2D eigenvalue weighted by Crippen LogP contribution is 2.44. The van der Waals surface area contributed by atoms with Crippen molar-refractivity contribution in [2.24, 2.45) is 0 Å². The molecule has 0 spiro atoms. The van der Waals surface area contributed by atoms with Crippen LogP contribution in [0, 0.1) is 13.8 Å². The van der Waals surface area contributed by atoms with E-state index in [2.05, 4.69) is 54.9 Å². The Morgan fingerprint density at radius 2 is 2.07 bits per heavy atom. The van der Waals surface area contributed by atoms with Gasteiger partial charge >= 0.3 is 0 Å². The largest absolute Gasteiger partial charge is 0.0890 e. The van der Waals surface area contributed by atoms with Crippen LogP contribution in [0.15, 0.2) is 18.2 Å². The van der Waals surface area contributed by atoms with Gasteiger partial charge in [-0.3, -0.25) is 0 Å². The average molecular weight is 267 g/mol. The first kappa shape index (κ1) is 11.2. The molecule has 15 heavy (non-hydrogen) atoms. The third-order valence-electron chi connectivity index (χ3n) is 3.71. The Morgan fingerprint density at radius 3 is 2.60 bits per heavy atom. The van der Waals surface area contributed by atoms with Gasteiger partial charge in [0.1, 0.15) is 0 Å². The van der Waals surface area contributed by atoms with E-state index in [0.717, 1.165) is 0 Å². The molecule has 2 atom stereocenters. The molecule has 1 heteroatoms. The van der Waals surface area contributed by atoms with Crippen molar-refractivity contribution in [2.75, 3.05) is 0 Å². The number of halogens is 1. The summed E-state index contributed by atoms with van der Waals surface area (Å²) in [5, 5.41) is 0. The van der Waals surface area contributed by atoms with Crippen LogP contribution in [0.4, 0.5) is 0 Å². The van der Waals surface area contributed by atoms with Crippen LogP contribution >= 0.6 is 15.9 Å². The Balaban J connectivity index is 2.37. The van der Waals surface area contributed by atoms with Crippen molar-refractivity contribution in [3.63, 3.8) is 0 Å². The van der Waals surface area contributed by atoms with Crippen LogP contribution in [0.25, 0.3) is 0 Å². The normalized spacial score (nSPS) is 30.8. The predicted molar refractivity (Wildman–Crippen MR) is 69.8 cm³/mol. The molecule has 0 N–H and O–H groups in total. The molecule has 2 rings (SSSR count). The second kappa shape index (κ2) is 3.93. The molecular formula is C14H19Br. The lowest BCUT2D eigenvalue weighted by Crippen LogP contribution is -2.19. The summed E-state index contributed by atoms with van der Waals surface area (Å²) in [5.41, 5.74) is 4.77. The van der Waals surface area contributed by atoms with Gasteiger partial charge < -0.3 is 0 Å². The lowest BCUT2D eigenvalue weighted by atomic mass is 9.78. The molecule has 0 amide bonds. The molecule has 0 bridgehead atoms. The van der Waals surface area contributed by atoms with Crippen molar-refractivity contribution in [3.8, 4) is 0 Å². The van der Waals surface area contributed by atoms with Gasteiger partial charge in [0.2, 0.25) is 0 Å². The summed E-state index contributed by atoms with van der Waals surface area (Å²) in [6.07, 6.45) is 3.90. The topological polar surface area (TPSA) is 0 Å². The van der Waals surface area contributed by atoms with Crippen molar-refractivity contribution in [1.29, 1.82) is 0 Å². The molecule has 0 aliphatic heterocycles. The maximum Gasteiger partial charge on any atom is 0.0154 e. The fraction of sp³-hybridized carbons (Fsp3) is 0.571. The molecule has 0 heterocycles. The van der Waals surface area contributed by atoms with Crippen molar-refractivity contribution in [1.82, 2.24) is 0 Å². The van der Waals surface area contributed by atoms with Crippen molar-refractivity contribution >= 4 is 15.9 Å². The number of benzene rings is 1. The van der Waals surface area contributed by atoms with Gasteiger partial charge in [-0.05, 0) is 49.7 Å². The van der Waals surface area contributed by atoms with Gasteiger partial charge in [-0.1, -0.05) is 46.6 Å². The first-order valence-electron chi connectivity index (χ1n) is 5.73. The van der Waals surface area contributed by atoms with E-state index in [1.165, 1.54) is 30.4 Å². The van der Waals surface area contributed by atoms with Crippen LogP contribution in [0.3, 0.4) is 0 Å². The summed E-state index contributed by atoms with van der Waals surface area (Å²) in [4.78, 5) is 0.711. The van der Waals surface area contributed by atoms with Gasteiger partial charge in [-0.25, -0.2) is 0 Å². The number of rotatable bonds is 1. The summed E-state index contributed by atoms with van der Waals surface area (Å²) >= 11 is 3.75. The molecule has 82 valence electrons. The predicted octanol–water partition coefficient (Wildman–Crippen LogP) is 4.51. The number of alkyl halides is 1. The first-order chi connectivity index (χ1) is 7.01. The van der Waals surface area contributed by atoms with Gasteiger partial charge in [-0.15, -0.1) is 0 Å². The van der Waals surface area contributed by atoms with Crippen LogP contribution in [0.2, 0.25) is 0 Å². The van der Waals surface area contributed by atoms with E-state index in [1.54, 1.807) is 5.56 Å². The number of hydrogen-bond donors (Lipinski definition) is 0. The second-order valence-corrected chi connectivity index (χ2v) is 6.51. The monoisotopic (exact) mass is 266 g/mol. The van der Waals surface area contributed by atoms with E-state index in [9.17, 15) is 0 Å². The third kappa shape index (κ3) is 2.13. The van der Waals surface area contributed by atoms with Gasteiger partial charge in [0.15, 0.2) is 0 Å². The Hall–Kier alpha value is -0.300. The Kier molecular flexibility index (Phi) is 2.94. The molecule has 1 saturated carbocycles. The zero-order valence-corrected chi connectivity index (χ0v) is 11.4. The highest BCUT2D eigenvalue weighted by Gasteiger charge is 2.36. The SMILES string of the molecule is Cc1ccc(C2(C)CCC(Br)C2)c(C)c1. The summed E-state index contributed by atoms with van der Waals surface area (Å²) in [5.74, 6) is 0. The summed E-state index contributed by atoms with van der Waals surface area (Å²) in [6, 6.07) is 6.88. The number of aryl methyl sites for hydroxylation is 2. The molecule has 1 aromatic carbocycles. The van der Waals surface area contributed by atoms with Crippen LogP contribution < -0.4 is 0 Å². The Bertz CT molecular complexity index is 370. The fourth-order valence-electron chi connectivity index (χ4n) is 2.90. The van der Waals surface area contributed by atoms with E-state index >= 15 is 0 Å². The van der Waals surface area contributed by atoms with Gasteiger partial charge in [0.05, 0.1) is 0 Å². The van der Waals surface area contributed by atoms with Crippen molar-refractivity contribution in [2.45, 2.75) is 50.3 Å². The molecule has 0 saturated heterocycles. The summed E-state index contributed by atoms with van der Waals surface area (Å²) < 4.78 is 0. The van der Waals surface area contributed by atoms with E-state index < -0.39 is 0 Å². The minimum atomic E-state index is 0.395. The van der Waals surface area contributed by atoms with Crippen molar-refractivity contribution < 1.29 is 0 Å². The fourth-order valence-corrected chi connectivity index (χ4v) is 3.85. The zero-order valence-electron chi connectivity index (χ0n) is 9.81. The molecule has 1 aliphatic carbocycles. The molecule has 2 unspecified atom stereocenters. The van der Waals surface area contributed by atoms with E-state index in [-0.39, 0.29) is 0 Å². The quantitative estimate of drug-likeness (QED) is 0.657. The molecule has 1 fully saturated rings. The molecular weight excluding hydrogens is 248 g/mol. The maximum absolute atomic E-state index is 3.75. The molecule has 1 aromatic rings. The minimum absolute atomic E-state index is 0.395. The summed E-state index contributed by atoms with van der Waals surface area (Å²) in [6.45, 7) is 6.82. The maximum atomic E-state index is 3.75. The first-order valence-corrected chi connectivity index (χ1v) is 6.65. The standard InChI is InChI=1S/C14H19Br/c1-10-4-5-13(11(2)8-10)14(3)7-6-12(15)9-14/h4-5,8,12H,6-7,9H2,1-3H3. The van der Waals surface area contributed by atoms with E-state index in [4.69, 9.17) is 0 Å². The molecule has 0 aromatic heterocycles. The van der Waals surface area contributed by atoms with Crippen LogP contribution in [-0.4, -0.2) is 4.83 Å². The van der Waals surface area contributed by atoms with Crippen LogP contribution in [0.1, 0.15) is 42.9 Å².